The van der Waals surface area contributed by atoms with Crippen molar-refractivity contribution < 1.29 is 14.7 Å². The molecule has 1 saturated carbocycles. The highest BCUT2D eigenvalue weighted by molar-refractivity contribution is 5.95. The summed E-state index contributed by atoms with van der Waals surface area (Å²) in [5.41, 5.74) is 2.13. The molecule has 2 aromatic rings. The van der Waals surface area contributed by atoms with E-state index in [1.54, 1.807) is 29.9 Å². The minimum atomic E-state index is -0.626. The fourth-order valence-electron chi connectivity index (χ4n) is 4.61. The molecule has 7 nitrogen and oxygen atoms in total. The minimum Gasteiger partial charge on any atom is -0.391 e. The summed E-state index contributed by atoms with van der Waals surface area (Å²) in [4.78, 5) is 26.4. The first kappa shape index (κ1) is 22.0. The van der Waals surface area contributed by atoms with E-state index >= 15 is 0 Å². The van der Waals surface area contributed by atoms with Gasteiger partial charge in [0, 0.05) is 39.2 Å². The van der Waals surface area contributed by atoms with E-state index in [0.717, 1.165) is 18.4 Å². The molecule has 0 radical (unpaired) electrons. The van der Waals surface area contributed by atoms with Crippen molar-refractivity contribution in [3.05, 3.63) is 53.3 Å². The molecule has 30 heavy (non-hydrogen) atoms. The van der Waals surface area contributed by atoms with Crippen LogP contribution in [0.5, 0.6) is 0 Å². The number of hydrogen-bond acceptors (Lipinski definition) is 4. The predicted octanol–water partition coefficient (Wildman–Crippen LogP) is 2.18. The third-order valence-electron chi connectivity index (χ3n) is 6.41. The summed E-state index contributed by atoms with van der Waals surface area (Å²) in [6.45, 7) is 3.86. The zero-order valence-corrected chi connectivity index (χ0v) is 18.3. The maximum absolute atomic E-state index is 13.1. The maximum atomic E-state index is 13.1. The number of amides is 2. The molecule has 1 aromatic carbocycles. The van der Waals surface area contributed by atoms with Gasteiger partial charge in [0.05, 0.1) is 23.4 Å². The third-order valence-corrected chi connectivity index (χ3v) is 6.41. The van der Waals surface area contributed by atoms with Crippen LogP contribution in [0.2, 0.25) is 0 Å². The molecule has 1 aliphatic carbocycles. The van der Waals surface area contributed by atoms with E-state index in [2.05, 4.69) is 22.5 Å². The van der Waals surface area contributed by atoms with Crippen LogP contribution in [0, 0.1) is 6.92 Å². The third kappa shape index (κ3) is 4.56. The lowest BCUT2D eigenvalue weighted by atomic mass is 9.74. The molecule has 1 fully saturated rings. The minimum absolute atomic E-state index is 0.0639. The molecule has 1 aromatic heterocycles. The Kier molecular flexibility index (Phi) is 6.61. The van der Waals surface area contributed by atoms with E-state index in [0.29, 0.717) is 30.6 Å². The van der Waals surface area contributed by atoms with Gasteiger partial charge in [-0.3, -0.25) is 14.3 Å². The number of nitrogens with zero attached hydrogens (tertiary/aromatic N) is 3. The Morgan fingerprint density at radius 3 is 2.53 bits per heavy atom. The van der Waals surface area contributed by atoms with Crippen LogP contribution in [0.4, 0.5) is 0 Å². The van der Waals surface area contributed by atoms with Gasteiger partial charge in [0.25, 0.3) is 5.91 Å². The fraction of sp³-hybridized carbons (Fsp3) is 0.522. The van der Waals surface area contributed by atoms with E-state index in [9.17, 15) is 14.7 Å². The quantitative estimate of drug-likeness (QED) is 0.737. The number of aromatic nitrogens is 2. The molecule has 0 aliphatic heterocycles. The van der Waals surface area contributed by atoms with Gasteiger partial charge in [0.15, 0.2) is 0 Å². The number of carbonyl (C=O) groups is 2. The van der Waals surface area contributed by atoms with Crippen molar-refractivity contribution in [3.63, 3.8) is 0 Å². The fourth-order valence-corrected chi connectivity index (χ4v) is 4.61. The highest BCUT2D eigenvalue weighted by Gasteiger charge is 2.40. The molecule has 3 rings (SSSR count). The second-order valence-corrected chi connectivity index (χ2v) is 8.49. The van der Waals surface area contributed by atoms with Crippen molar-refractivity contribution in [2.45, 2.75) is 57.1 Å². The Labute approximate surface area is 178 Å². The van der Waals surface area contributed by atoms with Gasteiger partial charge in [0.2, 0.25) is 5.91 Å². The van der Waals surface area contributed by atoms with Gasteiger partial charge in [-0.25, -0.2) is 0 Å². The van der Waals surface area contributed by atoms with Gasteiger partial charge in [0.1, 0.15) is 0 Å². The smallest absolute Gasteiger partial charge is 0.257 e. The van der Waals surface area contributed by atoms with Crippen molar-refractivity contribution >= 4 is 11.8 Å². The van der Waals surface area contributed by atoms with Gasteiger partial charge in [-0.05, 0) is 38.2 Å². The zero-order valence-electron chi connectivity index (χ0n) is 18.3. The molecule has 3 atom stereocenters. The highest BCUT2D eigenvalue weighted by Crippen LogP contribution is 2.39. The first-order valence-corrected chi connectivity index (χ1v) is 10.5. The molecule has 1 aliphatic rings. The Morgan fingerprint density at radius 2 is 1.93 bits per heavy atom. The summed E-state index contributed by atoms with van der Waals surface area (Å²) in [6.07, 6.45) is 3.81. The SMILES string of the molecule is CC(=O)NC[C@]1(c2ccccc2)CC[C@@H](O)[C@H](N(C)C(=O)c2cn(C)nc2C)CC1. The summed E-state index contributed by atoms with van der Waals surface area (Å²) >= 11 is 0. The predicted molar refractivity (Wildman–Crippen MR) is 115 cm³/mol. The van der Waals surface area contributed by atoms with Crippen LogP contribution in [0.3, 0.4) is 0 Å². The van der Waals surface area contributed by atoms with Gasteiger partial charge in [-0.1, -0.05) is 30.3 Å². The van der Waals surface area contributed by atoms with Gasteiger partial charge >= 0.3 is 0 Å². The Morgan fingerprint density at radius 1 is 1.27 bits per heavy atom. The molecule has 0 spiro atoms. The summed E-state index contributed by atoms with van der Waals surface area (Å²) in [7, 11) is 3.55. The van der Waals surface area contributed by atoms with Crippen LogP contribution in [0.1, 0.15) is 54.2 Å². The van der Waals surface area contributed by atoms with E-state index in [-0.39, 0.29) is 23.3 Å². The van der Waals surface area contributed by atoms with Crippen LogP contribution < -0.4 is 5.32 Å². The first-order chi connectivity index (χ1) is 14.2. The summed E-state index contributed by atoms with van der Waals surface area (Å²) in [5, 5.41) is 18.2. The molecule has 0 bridgehead atoms. The second kappa shape index (κ2) is 9.00. The number of likely N-dealkylation sites (N-methyl/N-ethyl adjacent to an activating group) is 1. The van der Waals surface area contributed by atoms with Crippen molar-refractivity contribution in [2.75, 3.05) is 13.6 Å². The number of rotatable bonds is 5. The summed E-state index contributed by atoms with van der Waals surface area (Å²) < 4.78 is 1.63. The van der Waals surface area contributed by atoms with Crippen LogP contribution in [-0.2, 0) is 17.3 Å². The summed E-state index contributed by atoms with van der Waals surface area (Å²) in [6, 6.07) is 9.87. The van der Waals surface area contributed by atoms with Crippen molar-refractivity contribution in [1.29, 1.82) is 0 Å². The number of benzene rings is 1. The average molecular weight is 413 g/mol. The number of nitrogens with one attached hydrogen (secondary N) is 1. The number of aliphatic hydroxyl groups is 1. The molecule has 162 valence electrons. The molecular formula is C23H32N4O3. The van der Waals surface area contributed by atoms with Gasteiger partial charge < -0.3 is 15.3 Å². The molecule has 2 amide bonds. The lowest BCUT2D eigenvalue weighted by molar-refractivity contribution is -0.119. The zero-order chi connectivity index (χ0) is 21.9. The van der Waals surface area contributed by atoms with Crippen LogP contribution in [0.15, 0.2) is 36.5 Å². The van der Waals surface area contributed by atoms with E-state index in [4.69, 9.17) is 0 Å². The molecule has 2 N–H and O–H groups in total. The average Bonchev–Trinajstić information content (AvgIpc) is 2.97. The molecule has 1 heterocycles. The number of aliphatic hydroxyl groups excluding tert-OH is 1. The van der Waals surface area contributed by atoms with Crippen LogP contribution in [0.25, 0.3) is 0 Å². The monoisotopic (exact) mass is 412 g/mol. The van der Waals surface area contributed by atoms with Gasteiger partial charge in [-0.2, -0.15) is 5.10 Å². The molecule has 0 unspecified atom stereocenters. The second-order valence-electron chi connectivity index (χ2n) is 8.49. The van der Waals surface area contributed by atoms with Crippen LogP contribution in [-0.4, -0.2) is 57.3 Å². The lowest BCUT2D eigenvalue weighted by Gasteiger charge is -2.34. The normalized spacial score (nSPS) is 24.2. The number of aryl methyl sites for hydroxylation is 2. The van der Waals surface area contributed by atoms with Gasteiger partial charge in [-0.15, -0.1) is 0 Å². The number of carbonyl (C=O) groups excluding carboxylic acids is 2. The Hall–Kier alpha value is -2.67. The standard InChI is InChI=1S/C23H32N4O3/c1-16-19(14-26(3)25-16)22(30)27(4)20-10-12-23(13-11-21(20)29,15-24-17(2)28)18-8-6-5-7-9-18/h5-9,14,20-21,29H,10-13,15H2,1-4H3,(H,24,28)/t20-,21-,23-/m1/s1. The number of hydrogen-bond donors (Lipinski definition) is 2. The van der Waals surface area contributed by atoms with E-state index in [1.807, 2.05) is 25.1 Å². The highest BCUT2D eigenvalue weighted by atomic mass is 16.3. The summed E-state index contributed by atoms with van der Waals surface area (Å²) in [5.74, 6) is -0.190. The van der Waals surface area contributed by atoms with Crippen molar-refractivity contribution in [3.8, 4) is 0 Å². The Bertz CT molecular complexity index is 895. The lowest BCUT2D eigenvalue weighted by Crippen LogP contribution is -2.44. The van der Waals surface area contributed by atoms with Crippen molar-refractivity contribution in [1.82, 2.24) is 20.0 Å². The van der Waals surface area contributed by atoms with E-state index in [1.165, 1.54) is 6.92 Å². The molecule has 0 saturated heterocycles. The largest absolute Gasteiger partial charge is 0.391 e. The van der Waals surface area contributed by atoms with Crippen molar-refractivity contribution in [2.24, 2.45) is 7.05 Å². The maximum Gasteiger partial charge on any atom is 0.257 e. The topological polar surface area (TPSA) is 87.5 Å². The Balaban J connectivity index is 1.84. The van der Waals surface area contributed by atoms with E-state index < -0.39 is 6.10 Å². The molecule has 7 heteroatoms. The van der Waals surface area contributed by atoms with Crippen LogP contribution >= 0.6 is 0 Å². The molecular weight excluding hydrogens is 380 g/mol. The first-order valence-electron chi connectivity index (χ1n) is 10.5.